The van der Waals surface area contributed by atoms with Crippen molar-refractivity contribution in [2.45, 2.75) is 31.1 Å². The van der Waals surface area contributed by atoms with E-state index in [0.29, 0.717) is 29.6 Å². The lowest BCUT2D eigenvalue weighted by molar-refractivity contribution is 0.00212. The number of nitriles is 1. The number of nitrogens with one attached hydrogen (secondary N) is 1. The normalized spacial score (nSPS) is 30.9. The minimum Gasteiger partial charge on any atom is -0.370 e. The monoisotopic (exact) mass is 394 g/mol. The topological polar surface area (TPSA) is 78.3 Å². The highest BCUT2D eigenvalue weighted by atomic mass is 32.1. The number of carbonyl (C=O) groups excluding carboxylic acids is 1. The van der Waals surface area contributed by atoms with Gasteiger partial charge in [0.25, 0.3) is 5.91 Å². The second-order valence-corrected chi connectivity index (χ2v) is 8.81. The summed E-state index contributed by atoms with van der Waals surface area (Å²) in [6.45, 7) is 3.46. The highest BCUT2D eigenvalue weighted by Gasteiger charge is 2.62. The highest BCUT2D eigenvalue weighted by molar-refractivity contribution is 7.07. The van der Waals surface area contributed by atoms with Crippen LogP contribution in [0.15, 0.2) is 35.2 Å². The van der Waals surface area contributed by atoms with Crippen molar-refractivity contribution >= 4 is 17.2 Å². The van der Waals surface area contributed by atoms with Crippen molar-refractivity contribution < 1.29 is 9.53 Å². The number of ether oxygens (including phenoxy) is 1. The summed E-state index contributed by atoms with van der Waals surface area (Å²) in [5, 5.41) is 13.8. The lowest BCUT2D eigenvalue weighted by atomic mass is 9.73. The molecule has 1 amide bonds. The Balaban J connectivity index is 1.24. The van der Waals surface area contributed by atoms with Gasteiger partial charge in [-0.25, -0.2) is 4.98 Å². The molecule has 0 aliphatic carbocycles. The number of hydrogen-bond donors (Lipinski definition) is 1. The highest BCUT2D eigenvalue weighted by Crippen LogP contribution is 2.54. The third-order valence-corrected chi connectivity index (χ3v) is 7.09. The third kappa shape index (κ3) is 3.02. The summed E-state index contributed by atoms with van der Waals surface area (Å²) in [5.74, 6) is 0.730. The average molecular weight is 395 g/mol. The SMILES string of the molecule is N#Cc1ccc(CN2C[C@@H]3[C@H](CNC(=O)c4cscn4)[C@H]4CC[C@]3(C2)O4)cc1. The first-order valence-electron chi connectivity index (χ1n) is 9.72. The first kappa shape index (κ1) is 17.8. The molecule has 3 aliphatic rings. The number of hydrogen-bond acceptors (Lipinski definition) is 6. The molecule has 0 radical (unpaired) electrons. The molecular weight excluding hydrogens is 372 g/mol. The molecule has 6 nitrogen and oxygen atoms in total. The maximum Gasteiger partial charge on any atom is 0.270 e. The van der Waals surface area contributed by atoms with Crippen LogP contribution in [0.1, 0.15) is 34.5 Å². The van der Waals surface area contributed by atoms with E-state index in [9.17, 15) is 4.79 Å². The van der Waals surface area contributed by atoms with Crippen LogP contribution >= 0.6 is 11.3 Å². The Kier molecular flexibility index (Phi) is 4.43. The van der Waals surface area contributed by atoms with Gasteiger partial charge in [-0.1, -0.05) is 12.1 Å². The molecule has 1 aromatic carbocycles. The molecule has 4 atom stereocenters. The van der Waals surface area contributed by atoms with Gasteiger partial charge in [-0.2, -0.15) is 5.26 Å². The maximum absolute atomic E-state index is 12.3. The van der Waals surface area contributed by atoms with E-state index >= 15 is 0 Å². The fraction of sp³-hybridized carbons (Fsp3) is 0.476. The number of fused-ring (bicyclic) bond motifs is 1. The molecule has 2 bridgehead atoms. The van der Waals surface area contributed by atoms with Crippen LogP contribution < -0.4 is 5.32 Å². The Morgan fingerprint density at radius 1 is 1.43 bits per heavy atom. The Hall–Kier alpha value is -2.27. The van der Waals surface area contributed by atoms with E-state index in [1.807, 2.05) is 24.3 Å². The van der Waals surface area contributed by atoms with Gasteiger partial charge in [0.2, 0.25) is 0 Å². The Bertz CT molecular complexity index is 907. The molecule has 0 unspecified atom stereocenters. The minimum absolute atomic E-state index is 0.0483. The van der Waals surface area contributed by atoms with Gasteiger partial charge in [0.1, 0.15) is 5.69 Å². The molecular formula is C21H22N4O2S. The largest absolute Gasteiger partial charge is 0.370 e. The van der Waals surface area contributed by atoms with Crippen LogP contribution in [-0.4, -0.2) is 47.1 Å². The minimum atomic E-state index is -0.0921. The van der Waals surface area contributed by atoms with E-state index < -0.39 is 0 Å². The van der Waals surface area contributed by atoms with Crippen molar-refractivity contribution in [3.05, 3.63) is 52.0 Å². The van der Waals surface area contributed by atoms with Crippen molar-refractivity contribution in [1.29, 1.82) is 5.26 Å². The molecule has 144 valence electrons. The van der Waals surface area contributed by atoms with Crippen molar-refractivity contribution in [2.24, 2.45) is 11.8 Å². The summed E-state index contributed by atoms with van der Waals surface area (Å²) in [5.41, 5.74) is 4.05. The first-order chi connectivity index (χ1) is 13.7. The number of amides is 1. The summed E-state index contributed by atoms with van der Waals surface area (Å²) in [4.78, 5) is 18.8. The van der Waals surface area contributed by atoms with E-state index in [4.69, 9.17) is 10.00 Å². The molecule has 28 heavy (non-hydrogen) atoms. The van der Waals surface area contributed by atoms with E-state index in [0.717, 1.165) is 32.5 Å². The standard InChI is InChI=1S/C21H22N4O2S/c22-7-14-1-3-15(4-2-14)9-25-10-17-16(19-5-6-21(17,12-25)27-19)8-23-20(26)18-11-28-13-24-18/h1-4,11,13,16-17,19H,5-6,8-10,12H2,(H,23,26)/t16-,17+,19+,21+/m0/s1. The predicted octanol–water partition coefficient (Wildman–Crippen LogP) is 2.42. The number of nitrogens with zero attached hydrogens (tertiary/aromatic N) is 3. The van der Waals surface area contributed by atoms with Gasteiger partial charge >= 0.3 is 0 Å². The van der Waals surface area contributed by atoms with Gasteiger partial charge in [0, 0.05) is 43.4 Å². The molecule has 1 N–H and O–H groups in total. The van der Waals surface area contributed by atoms with Crippen LogP contribution in [-0.2, 0) is 11.3 Å². The lowest BCUT2D eigenvalue weighted by Crippen LogP contribution is -2.42. The Morgan fingerprint density at radius 2 is 2.29 bits per heavy atom. The molecule has 3 saturated heterocycles. The fourth-order valence-electron chi connectivity index (χ4n) is 5.25. The number of benzene rings is 1. The summed E-state index contributed by atoms with van der Waals surface area (Å²) < 4.78 is 6.47. The molecule has 4 heterocycles. The summed E-state index contributed by atoms with van der Waals surface area (Å²) in [6.07, 6.45) is 2.46. The van der Waals surface area contributed by atoms with Crippen LogP contribution in [0.2, 0.25) is 0 Å². The molecule has 2 aromatic rings. The van der Waals surface area contributed by atoms with Gasteiger partial charge < -0.3 is 10.1 Å². The zero-order valence-electron chi connectivity index (χ0n) is 15.5. The lowest BCUT2D eigenvalue weighted by Gasteiger charge is -2.29. The van der Waals surface area contributed by atoms with Crippen LogP contribution in [0.5, 0.6) is 0 Å². The van der Waals surface area contributed by atoms with E-state index in [-0.39, 0.29) is 17.6 Å². The van der Waals surface area contributed by atoms with Gasteiger partial charge in [0.15, 0.2) is 0 Å². The van der Waals surface area contributed by atoms with E-state index in [1.54, 1.807) is 10.9 Å². The maximum atomic E-state index is 12.3. The Morgan fingerprint density at radius 3 is 3.04 bits per heavy atom. The van der Waals surface area contributed by atoms with Gasteiger partial charge in [0.05, 0.1) is 28.8 Å². The molecule has 7 heteroatoms. The van der Waals surface area contributed by atoms with Crippen LogP contribution in [0.25, 0.3) is 0 Å². The van der Waals surface area contributed by atoms with Crippen LogP contribution in [0.4, 0.5) is 0 Å². The van der Waals surface area contributed by atoms with Crippen molar-refractivity contribution in [1.82, 2.24) is 15.2 Å². The van der Waals surface area contributed by atoms with Crippen molar-refractivity contribution in [3.63, 3.8) is 0 Å². The van der Waals surface area contributed by atoms with E-state index in [2.05, 4.69) is 21.3 Å². The van der Waals surface area contributed by atoms with Gasteiger partial charge in [-0.15, -0.1) is 11.3 Å². The van der Waals surface area contributed by atoms with Gasteiger partial charge in [-0.3, -0.25) is 9.69 Å². The number of thiazole rings is 1. The second kappa shape index (κ2) is 6.96. The van der Waals surface area contributed by atoms with Crippen LogP contribution in [0.3, 0.4) is 0 Å². The van der Waals surface area contributed by atoms with Crippen molar-refractivity contribution in [3.8, 4) is 6.07 Å². The average Bonchev–Trinajstić information content (AvgIpc) is 3.47. The summed E-state index contributed by atoms with van der Waals surface area (Å²) >= 11 is 1.43. The van der Waals surface area contributed by atoms with Gasteiger partial charge in [-0.05, 0) is 30.5 Å². The number of rotatable bonds is 5. The third-order valence-electron chi connectivity index (χ3n) is 6.51. The number of aromatic nitrogens is 1. The quantitative estimate of drug-likeness (QED) is 0.843. The molecule has 0 saturated carbocycles. The zero-order chi connectivity index (χ0) is 19.1. The second-order valence-electron chi connectivity index (χ2n) is 8.09. The molecule has 1 spiro atoms. The molecule has 5 rings (SSSR count). The summed E-state index contributed by atoms with van der Waals surface area (Å²) in [6, 6.07) is 10.00. The fourth-order valence-corrected chi connectivity index (χ4v) is 5.78. The summed E-state index contributed by atoms with van der Waals surface area (Å²) in [7, 11) is 0. The smallest absolute Gasteiger partial charge is 0.270 e. The van der Waals surface area contributed by atoms with Crippen molar-refractivity contribution in [2.75, 3.05) is 19.6 Å². The predicted molar refractivity (Wildman–Crippen MR) is 105 cm³/mol. The molecule has 1 aromatic heterocycles. The number of likely N-dealkylation sites (tertiary alicyclic amines) is 1. The number of carbonyl (C=O) groups is 1. The zero-order valence-corrected chi connectivity index (χ0v) is 16.3. The first-order valence-corrected chi connectivity index (χ1v) is 10.7. The van der Waals surface area contributed by atoms with E-state index in [1.165, 1.54) is 16.9 Å². The molecule has 3 fully saturated rings. The Labute approximate surface area is 168 Å². The molecule has 3 aliphatic heterocycles. The van der Waals surface area contributed by atoms with Crippen LogP contribution in [0, 0.1) is 23.2 Å².